The molecule has 1 aliphatic rings. The summed E-state index contributed by atoms with van der Waals surface area (Å²) < 4.78 is 5.48. The van der Waals surface area contributed by atoms with Crippen molar-refractivity contribution in [1.29, 1.82) is 5.26 Å². The van der Waals surface area contributed by atoms with Crippen molar-refractivity contribution in [3.63, 3.8) is 0 Å². The second-order valence-corrected chi connectivity index (χ2v) is 8.20. The Morgan fingerprint density at radius 1 is 1.21 bits per heavy atom. The van der Waals surface area contributed by atoms with E-state index in [1.54, 1.807) is 12.3 Å². The number of hydrogen-bond donors (Lipinski definition) is 3. The van der Waals surface area contributed by atoms with Crippen molar-refractivity contribution in [3.8, 4) is 28.9 Å². The largest absolute Gasteiger partial charge is 0.394 e. The normalized spacial score (nSPS) is 14.4. The predicted molar refractivity (Wildman–Crippen MR) is 131 cm³/mol. The van der Waals surface area contributed by atoms with Crippen LogP contribution in [-0.2, 0) is 12.8 Å². The lowest BCUT2D eigenvalue weighted by molar-refractivity contribution is 0.0605. The predicted octanol–water partition coefficient (Wildman–Crippen LogP) is 2.67. The Morgan fingerprint density at radius 3 is 2.74 bits per heavy atom. The zero-order valence-electron chi connectivity index (χ0n) is 19.1. The number of nitriles is 1. The van der Waals surface area contributed by atoms with Crippen LogP contribution in [0.1, 0.15) is 30.0 Å². The summed E-state index contributed by atoms with van der Waals surface area (Å²) >= 11 is 0. The molecule has 1 aliphatic heterocycles. The molecule has 9 nitrogen and oxygen atoms in total. The Kier molecular flexibility index (Phi) is 8.96. The van der Waals surface area contributed by atoms with Gasteiger partial charge in [-0.15, -0.1) is 12.4 Å². The standard InChI is InChI=1S/C24H28N6O3.ClH/c1-2-7-26-22-19(12-25)11-20(13-27-22)24-28-23(29-33-24)18-4-3-16-5-8-30(14-21(32)15-31)9-6-17(16)10-18;/h3-4,10-11,13,21,31-32H,2,5-9,14-15H2,1H3,(H,26,27);1H/t21-;/m0./s1. The zero-order chi connectivity index (χ0) is 23.2. The van der Waals surface area contributed by atoms with Gasteiger partial charge in [0.1, 0.15) is 11.9 Å². The van der Waals surface area contributed by atoms with Crippen LogP contribution in [0.3, 0.4) is 0 Å². The number of aliphatic hydroxyl groups is 2. The number of aliphatic hydroxyl groups excluding tert-OH is 2. The zero-order valence-corrected chi connectivity index (χ0v) is 19.9. The van der Waals surface area contributed by atoms with Gasteiger partial charge >= 0.3 is 0 Å². The van der Waals surface area contributed by atoms with E-state index < -0.39 is 6.10 Å². The molecule has 34 heavy (non-hydrogen) atoms. The first-order valence-corrected chi connectivity index (χ1v) is 11.2. The summed E-state index contributed by atoms with van der Waals surface area (Å²) in [7, 11) is 0. The SMILES string of the molecule is CCCNc1ncc(-c2nc(-c3ccc4c(c3)CCN(C[C@H](O)CO)CC4)no2)cc1C#N.Cl. The average molecular weight is 485 g/mol. The molecule has 0 radical (unpaired) electrons. The Labute approximate surface area is 204 Å². The monoisotopic (exact) mass is 484 g/mol. The van der Waals surface area contributed by atoms with Crippen LogP contribution in [-0.4, -0.2) is 69.1 Å². The minimum absolute atomic E-state index is 0. The van der Waals surface area contributed by atoms with Crippen molar-refractivity contribution >= 4 is 18.2 Å². The van der Waals surface area contributed by atoms with Crippen molar-refractivity contribution in [3.05, 3.63) is 47.2 Å². The molecule has 1 atom stereocenters. The summed E-state index contributed by atoms with van der Waals surface area (Å²) in [5, 5.41) is 35.6. The molecule has 0 saturated carbocycles. The molecular formula is C24H29ClN6O3. The minimum atomic E-state index is -0.716. The molecule has 0 spiro atoms. The molecule has 0 fully saturated rings. The second kappa shape index (κ2) is 11.9. The lowest BCUT2D eigenvalue weighted by Gasteiger charge is -2.21. The third-order valence-corrected chi connectivity index (χ3v) is 5.76. The van der Waals surface area contributed by atoms with Gasteiger partial charge in [-0.25, -0.2) is 4.98 Å². The van der Waals surface area contributed by atoms with Crippen molar-refractivity contribution in [2.45, 2.75) is 32.3 Å². The van der Waals surface area contributed by atoms with Crippen LogP contribution in [0, 0.1) is 11.3 Å². The number of rotatable bonds is 8. The second-order valence-electron chi connectivity index (χ2n) is 8.20. The van der Waals surface area contributed by atoms with Crippen LogP contribution in [0.5, 0.6) is 0 Å². The van der Waals surface area contributed by atoms with Crippen LogP contribution in [0.2, 0.25) is 0 Å². The summed E-state index contributed by atoms with van der Waals surface area (Å²) in [5.74, 6) is 1.35. The maximum absolute atomic E-state index is 9.75. The van der Waals surface area contributed by atoms with E-state index in [0.717, 1.165) is 44.5 Å². The number of nitrogens with zero attached hydrogens (tertiary/aromatic N) is 5. The summed E-state index contributed by atoms with van der Waals surface area (Å²) in [6.07, 6.45) is 3.57. The van der Waals surface area contributed by atoms with Gasteiger partial charge in [-0.2, -0.15) is 10.2 Å². The highest BCUT2D eigenvalue weighted by Gasteiger charge is 2.19. The number of anilines is 1. The first-order chi connectivity index (χ1) is 16.1. The third kappa shape index (κ3) is 5.90. The van der Waals surface area contributed by atoms with E-state index in [1.165, 1.54) is 11.1 Å². The molecule has 1 aromatic carbocycles. The number of pyridine rings is 1. The van der Waals surface area contributed by atoms with Gasteiger partial charge < -0.3 is 25.0 Å². The highest BCUT2D eigenvalue weighted by molar-refractivity contribution is 5.85. The van der Waals surface area contributed by atoms with Crippen molar-refractivity contribution < 1.29 is 14.7 Å². The van der Waals surface area contributed by atoms with E-state index >= 15 is 0 Å². The van der Waals surface area contributed by atoms with Gasteiger partial charge in [0.25, 0.3) is 5.89 Å². The summed E-state index contributed by atoms with van der Waals surface area (Å²) in [6.45, 7) is 4.69. The third-order valence-electron chi connectivity index (χ3n) is 5.76. The first kappa shape index (κ1) is 25.6. The lowest BCUT2D eigenvalue weighted by atomic mass is 10.00. The molecule has 10 heteroatoms. The maximum Gasteiger partial charge on any atom is 0.259 e. The summed E-state index contributed by atoms with van der Waals surface area (Å²) in [6, 6.07) is 10.0. The maximum atomic E-state index is 9.75. The number of fused-ring (bicyclic) bond motifs is 1. The van der Waals surface area contributed by atoms with E-state index in [-0.39, 0.29) is 19.0 Å². The molecule has 0 amide bonds. The van der Waals surface area contributed by atoms with Crippen LogP contribution < -0.4 is 5.32 Å². The van der Waals surface area contributed by atoms with Gasteiger partial charge in [0.05, 0.1) is 23.8 Å². The van der Waals surface area contributed by atoms with Gasteiger partial charge in [-0.1, -0.05) is 24.2 Å². The molecule has 0 aliphatic carbocycles. The smallest absolute Gasteiger partial charge is 0.259 e. The van der Waals surface area contributed by atoms with Gasteiger partial charge in [0.15, 0.2) is 0 Å². The lowest BCUT2D eigenvalue weighted by Crippen LogP contribution is -2.35. The molecule has 3 aromatic rings. The molecule has 3 heterocycles. The van der Waals surface area contributed by atoms with Crippen molar-refractivity contribution in [2.75, 3.05) is 38.1 Å². The number of aromatic nitrogens is 3. The van der Waals surface area contributed by atoms with E-state index in [0.29, 0.717) is 35.2 Å². The van der Waals surface area contributed by atoms with Crippen LogP contribution in [0.15, 0.2) is 35.0 Å². The molecule has 3 N–H and O–H groups in total. The molecule has 0 unspecified atom stereocenters. The fourth-order valence-electron chi connectivity index (χ4n) is 3.96. The highest BCUT2D eigenvalue weighted by atomic mass is 35.5. The first-order valence-electron chi connectivity index (χ1n) is 11.2. The minimum Gasteiger partial charge on any atom is -0.394 e. The topological polar surface area (TPSA) is 131 Å². The van der Waals surface area contributed by atoms with E-state index in [4.69, 9.17) is 9.63 Å². The van der Waals surface area contributed by atoms with E-state index in [1.807, 2.05) is 13.0 Å². The fourth-order valence-corrected chi connectivity index (χ4v) is 3.96. The van der Waals surface area contributed by atoms with Crippen LogP contribution in [0.4, 0.5) is 5.82 Å². The molecule has 2 aromatic heterocycles. The summed E-state index contributed by atoms with van der Waals surface area (Å²) in [5.41, 5.74) is 4.38. The number of β-amino-alcohol motifs (C(OH)–C–C–N with tert-alkyl or cyclic N) is 1. The number of nitrogens with one attached hydrogen (secondary N) is 1. The van der Waals surface area contributed by atoms with E-state index in [2.05, 4.69) is 43.5 Å². The molecule has 0 saturated heterocycles. The van der Waals surface area contributed by atoms with Crippen molar-refractivity contribution in [1.82, 2.24) is 20.0 Å². The fraction of sp³-hybridized carbons (Fsp3) is 0.417. The Morgan fingerprint density at radius 2 is 2.00 bits per heavy atom. The average Bonchev–Trinajstić information content (AvgIpc) is 3.26. The van der Waals surface area contributed by atoms with Crippen molar-refractivity contribution in [2.24, 2.45) is 0 Å². The van der Waals surface area contributed by atoms with Gasteiger partial charge in [-0.05, 0) is 42.5 Å². The van der Waals surface area contributed by atoms with E-state index in [9.17, 15) is 10.4 Å². The van der Waals surface area contributed by atoms with Crippen LogP contribution >= 0.6 is 12.4 Å². The van der Waals surface area contributed by atoms with Gasteiger partial charge in [0.2, 0.25) is 5.82 Å². The number of halogens is 1. The Hall–Kier alpha value is -3.03. The number of benzene rings is 1. The molecule has 4 rings (SSSR count). The Bertz CT molecular complexity index is 1150. The number of hydrogen-bond acceptors (Lipinski definition) is 9. The summed E-state index contributed by atoms with van der Waals surface area (Å²) in [4.78, 5) is 11.1. The van der Waals surface area contributed by atoms with Crippen LogP contribution in [0.25, 0.3) is 22.8 Å². The quantitative estimate of drug-likeness (QED) is 0.441. The Balaban J connectivity index is 0.00000324. The molecular weight excluding hydrogens is 456 g/mol. The molecule has 180 valence electrons. The highest BCUT2D eigenvalue weighted by Crippen LogP contribution is 2.27. The van der Waals surface area contributed by atoms with Gasteiger partial charge in [0, 0.05) is 37.9 Å². The molecule has 0 bridgehead atoms. The van der Waals surface area contributed by atoms with Gasteiger partial charge in [-0.3, -0.25) is 0 Å².